The van der Waals surface area contributed by atoms with Gasteiger partial charge in [0.1, 0.15) is 5.75 Å². The average Bonchev–Trinajstić information content (AvgIpc) is 3.18. The van der Waals surface area contributed by atoms with E-state index in [4.69, 9.17) is 20.8 Å². The number of aromatic nitrogens is 2. The number of nitrogens with one attached hydrogen (secondary N) is 1. The molecule has 3 rings (SSSR count). The number of hydrogen-bond donors (Lipinski definition) is 1. The summed E-state index contributed by atoms with van der Waals surface area (Å²) in [6.07, 6.45) is 0.891. The van der Waals surface area contributed by atoms with Crippen molar-refractivity contribution in [1.29, 1.82) is 0 Å². The number of hydrogen-bond acceptors (Lipinski definition) is 6. The Labute approximate surface area is 181 Å². The first-order valence-electron chi connectivity index (χ1n) is 9.91. The fourth-order valence-corrected chi connectivity index (χ4v) is 3.20. The van der Waals surface area contributed by atoms with Crippen molar-refractivity contribution in [3.63, 3.8) is 0 Å². The molecule has 0 aliphatic carbocycles. The summed E-state index contributed by atoms with van der Waals surface area (Å²) >= 11 is 6.20. The van der Waals surface area contributed by atoms with Crippen LogP contribution in [0.25, 0.3) is 11.5 Å². The molecule has 0 atom stereocenters. The van der Waals surface area contributed by atoms with Crippen LogP contribution in [0, 0.1) is 0 Å². The number of anilines is 1. The van der Waals surface area contributed by atoms with Gasteiger partial charge in [0.15, 0.2) is 0 Å². The molecule has 0 bridgehead atoms. The number of halogens is 1. The molecule has 1 aromatic heterocycles. The minimum atomic E-state index is -0.113. The Kier molecular flexibility index (Phi) is 7.82. The van der Waals surface area contributed by atoms with Crippen LogP contribution < -0.4 is 10.1 Å². The first kappa shape index (κ1) is 21.8. The summed E-state index contributed by atoms with van der Waals surface area (Å²) in [7, 11) is 0. The average molecular weight is 429 g/mol. The minimum absolute atomic E-state index is 0.113. The number of carbonyl (C=O) groups excluding carboxylic acids is 1. The standard InChI is InChI=1S/C22H25ClN4O3/c1-3-13-27(14-20(28)24-16-9-11-17(12-10-16)29-4-2)15-21-25-26-22(30-21)18-7-5-6-8-19(18)23/h5-12H,3-4,13-15H2,1-2H3,(H,24,28). The van der Waals surface area contributed by atoms with Crippen LogP contribution in [0.2, 0.25) is 5.02 Å². The Balaban J connectivity index is 1.60. The maximum Gasteiger partial charge on any atom is 0.249 e. The number of rotatable bonds is 10. The molecule has 3 aromatic rings. The van der Waals surface area contributed by atoms with Gasteiger partial charge < -0.3 is 14.5 Å². The van der Waals surface area contributed by atoms with Gasteiger partial charge in [0.05, 0.1) is 30.3 Å². The van der Waals surface area contributed by atoms with Crippen LogP contribution in [0.15, 0.2) is 52.9 Å². The van der Waals surface area contributed by atoms with Crippen LogP contribution in [0.1, 0.15) is 26.2 Å². The maximum absolute atomic E-state index is 12.5. The number of nitrogens with zero attached hydrogens (tertiary/aromatic N) is 3. The van der Waals surface area contributed by atoms with E-state index in [1.165, 1.54) is 0 Å². The van der Waals surface area contributed by atoms with Crippen LogP contribution in [0.4, 0.5) is 5.69 Å². The largest absolute Gasteiger partial charge is 0.494 e. The van der Waals surface area contributed by atoms with Gasteiger partial charge in [-0.2, -0.15) is 0 Å². The van der Waals surface area contributed by atoms with E-state index in [9.17, 15) is 4.79 Å². The third-order valence-electron chi connectivity index (χ3n) is 4.29. The predicted octanol–water partition coefficient (Wildman–Crippen LogP) is 4.64. The van der Waals surface area contributed by atoms with Gasteiger partial charge in [-0.25, -0.2) is 0 Å². The molecule has 0 unspecified atom stereocenters. The Bertz CT molecular complexity index is 959. The highest BCUT2D eigenvalue weighted by Gasteiger charge is 2.16. The zero-order valence-corrected chi connectivity index (χ0v) is 17.9. The van der Waals surface area contributed by atoms with Crippen molar-refractivity contribution in [3.8, 4) is 17.2 Å². The van der Waals surface area contributed by atoms with E-state index in [1.807, 2.05) is 54.3 Å². The van der Waals surface area contributed by atoms with Gasteiger partial charge in [0.2, 0.25) is 17.7 Å². The fourth-order valence-electron chi connectivity index (χ4n) is 2.99. The first-order chi connectivity index (χ1) is 14.6. The molecule has 0 radical (unpaired) electrons. The molecule has 30 heavy (non-hydrogen) atoms. The third kappa shape index (κ3) is 6.05. The van der Waals surface area contributed by atoms with Gasteiger partial charge in [-0.3, -0.25) is 9.69 Å². The van der Waals surface area contributed by atoms with Crippen molar-refractivity contribution in [3.05, 3.63) is 59.4 Å². The Morgan fingerprint density at radius 1 is 1.13 bits per heavy atom. The Morgan fingerprint density at radius 2 is 1.90 bits per heavy atom. The summed E-state index contributed by atoms with van der Waals surface area (Å²) in [6, 6.07) is 14.6. The second-order valence-electron chi connectivity index (χ2n) is 6.70. The highest BCUT2D eigenvalue weighted by Crippen LogP contribution is 2.26. The van der Waals surface area contributed by atoms with Gasteiger partial charge >= 0.3 is 0 Å². The monoisotopic (exact) mass is 428 g/mol. The highest BCUT2D eigenvalue weighted by atomic mass is 35.5. The third-order valence-corrected chi connectivity index (χ3v) is 4.62. The van der Waals surface area contributed by atoms with E-state index in [2.05, 4.69) is 22.4 Å². The molecule has 8 heteroatoms. The van der Waals surface area contributed by atoms with E-state index in [1.54, 1.807) is 6.07 Å². The zero-order valence-electron chi connectivity index (χ0n) is 17.1. The Morgan fingerprint density at radius 3 is 2.60 bits per heavy atom. The lowest BCUT2D eigenvalue weighted by atomic mass is 10.2. The number of ether oxygens (including phenoxy) is 1. The van der Waals surface area contributed by atoms with E-state index in [0.29, 0.717) is 35.5 Å². The van der Waals surface area contributed by atoms with Crippen molar-refractivity contribution in [2.75, 3.05) is 25.0 Å². The van der Waals surface area contributed by atoms with E-state index >= 15 is 0 Å². The molecular formula is C22H25ClN4O3. The molecule has 1 N–H and O–H groups in total. The lowest BCUT2D eigenvalue weighted by molar-refractivity contribution is -0.117. The van der Waals surface area contributed by atoms with Crippen LogP contribution in [-0.4, -0.2) is 40.7 Å². The Hall–Kier alpha value is -2.90. The molecule has 0 spiro atoms. The quantitative estimate of drug-likeness (QED) is 0.506. The number of carbonyl (C=O) groups is 1. The number of amides is 1. The van der Waals surface area contributed by atoms with Gasteiger partial charge in [-0.15, -0.1) is 10.2 Å². The van der Waals surface area contributed by atoms with Gasteiger partial charge in [-0.1, -0.05) is 30.7 Å². The molecular weight excluding hydrogens is 404 g/mol. The summed E-state index contributed by atoms with van der Waals surface area (Å²) < 4.78 is 11.2. The van der Waals surface area contributed by atoms with Gasteiger partial charge in [0.25, 0.3) is 0 Å². The molecule has 1 amide bonds. The van der Waals surface area contributed by atoms with Crippen molar-refractivity contribution in [2.24, 2.45) is 0 Å². The first-order valence-corrected chi connectivity index (χ1v) is 10.3. The van der Waals surface area contributed by atoms with Gasteiger partial charge in [-0.05, 0) is 56.3 Å². The van der Waals surface area contributed by atoms with E-state index in [0.717, 1.165) is 24.4 Å². The second kappa shape index (κ2) is 10.8. The van der Waals surface area contributed by atoms with Crippen LogP contribution in [0.5, 0.6) is 5.75 Å². The summed E-state index contributed by atoms with van der Waals surface area (Å²) in [4.78, 5) is 14.5. The van der Waals surface area contributed by atoms with Crippen molar-refractivity contribution < 1.29 is 13.9 Å². The summed E-state index contributed by atoms with van der Waals surface area (Å²) in [5.41, 5.74) is 1.41. The van der Waals surface area contributed by atoms with Crippen molar-refractivity contribution in [1.82, 2.24) is 15.1 Å². The smallest absolute Gasteiger partial charge is 0.249 e. The number of benzene rings is 2. The molecule has 7 nitrogen and oxygen atoms in total. The van der Waals surface area contributed by atoms with Gasteiger partial charge in [0, 0.05) is 5.69 Å². The molecule has 0 aliphatic heterocycles. The molecule has 2 aromatic carbocycles. The predicted molar refractivity (Wildman–Crippen MR) is 117 cm³/mol. The molecule has 0 saturated heterocycles. The summed E-state index contributed by atoms with van der Waals surface area (Å²) in [6.45, 7) is 5.90. The normalized spacial score (nSPS) is 10.9. The van der Waals surface area contributed by atoms with Crippen molar-refractivity contribution in [2.45, 2.75) is 26.8 Å². The van der Waals surface area contributed by atoms with Crippen LogP contribution in [-0.2, 0) is 11.3 Å². The lowest BCUT2D eigenvalue weighted by Gasteiger charge is -2.19. The summed E-state index contributed by atoms with van der Waals surface area (Å²) in [5, 5.41) is 11.7. The molecule has 158 valence electrons. The van der Waals surface area contributed by atoms with E-state index in [-0.39, 0.29) is 12.5 Å². The minimum Gasteiger partial charge on any atom is -0.494 e. The van der Waals surface area contributed by atoms with Crippen molar-refractivity contribution >= 4 is 23.2 Å². The maximum atomic E-state index is 12.5. The second-order valence-corrected chi connectivity index (χ2v) is 7.10. The molecule has 1 heterocycles. The topological polar surface area (TPSA) is 80.5 Å². The lowest BCUT2D eigenvalue weighted by Crippen LogP contribution is -2.33. The highest BCUT2D eigenvalue weighted by molar-refractivity contribution is 6.33. The molecule has 0 saturated carbocycles. The molecule has 0 aliphatic rings. The summed E-state index contributed by atoms with van der Waals surface area (Å²) in [5.74, 6) is 1.46. The van der Waals surface area contributed by atoms with E-state index < -0.39 is 0 Å². The SMILES string of the molecule is CCCN(CC(=O)Nc1ccc(OCC)cc1)Cc1nnc(-c2ccccc2Cl)o1. The van der Waals surface area contributed by atoms with Crippen LogP contribution in [0.3, 0.4) is 0 Å². The fraction of sp³-hybridized carbons (Fsp3) is 0.318. The molecule has 0 fully saturated rings. The zero-order chi connectivity index (χ0) is 21.3. The van der Waals surface area contributed by atoms with Crippen LogP contribution >= 0.6 is 11.6 Å².